The number of benzene rings is 7. The van der Waals surface area contributed by atoms with Gasteiger partial charge in [0.2, 0.25) is 0 Å². The van der Waals surface area contributed by atoms with E-state index in [-0.39, 0.29) is 0 Å². The average Bonchev–Trinajstić information content (AvgIpc) is 3.69. The first kappa shape index (κ1) is 28.8. The third-order valence-electron chi connectivity index (χ3n) is 9.62. The van der Waals surface area contributed by atoms with Crippen LogP contribution in [-0.4, -0.2) is 9.13 Å². The zero-order valence-electron chi connectivity index (χ0n) is 26.7. The maximum absolute atomic E-state index is 10.5. The second-order valence-corrected chi connectivity index (χ2v) is 12.3. The summed E-state index contributed by atoms with van der Waals surface area (Å²) in [5.41, 5.74) is 11.5. The molecular weight excluding hydrogens is 611 g/mol. The van der Waals surface area contributed by atoms with Crippen molar-refractivity contribution in [3.8, 4) is 51.8 Å². The Kier molecular flexibility index (Phi) is 6.56. The summed E-state index contributed by atoms with van der Waals surface area (Å²) in [7, 11) is 0. The molecule has 0 bridgehead atoms. The number of hydrogen-bond acceptors (Lipinski definition) is 3. The van der Waals surface area contributed by atoms with Crippen LogP contribution in [0.5, 0.6) is 0 Å². The Morgan fingerprint density at radius 2 is 1.02 bits per heavy atom. The lowest BCUT2D eigenvalue weighted by Gasteiger charge is -2.16. The maximum atomic E-state index is 10.5. The predicted octanol–water partition coefficient (Wildman–Crippen LogP) is 10.8. The average molecular weight is 636 g/mol. The number of nitrogens with zero attached hydrogens (tertiary/aromatic N) is 5. The van der Waals surface area contributed by atoms with Gasteiger partial charge >= 0.3 is 0 Å². The van der Waals surface area contributed by atoms with Gasteiger partial charge in [0.25, 0.3) is 0 Å². The number of aromatic nitrogens is 2. The third-order valence-corrected chi connectivity index (χ3v) is 9.62. The van der Waals surface area contributed by atoms with Gasteiger partial charge in [0.1, 0.15) is 0 Å². The van der Waals surface area contributed by atoms with Gasteiger partial charge < -0.3 is 9.13 Å². The summed E-state index contributed by atoms with van der Waals surface area (Å²) < 4.78 is 4.43. The van der Waals surface area contributed by atoms with Crippen LogP contribution < -0.4 is 0 Å². The lowest BCUT2D eigenvalue weighted by Crippen LogP contribution is -1.98. The van der Waals surface area contributed by atoms with Crippen molar-refractivity contribution in [2.45, 2.75) is 0 Å². The summed E-state index contributed by atoms with van der Waals surface area (Å²) in [6.07, 6.45) is 0. The van der Waals surface area contributed by atoms with Gasteiger partial charge in [-0.2, -0.15) is 15.8 Å². The van der Waals surface area contributed by atoms with Crippen LogP contribution >= 0.6 is 0 Å². The highest BCUT2D eigenvalue weighted by Crippen LogP contribution is 2.39. The van der Waals surface area contributed by atoms with Crippen molar-refractivity contribution >= 4 is 43.6 Å². The van der Waals surface area contributed by atoms with Gasteiger partial charge in [-0.3, -0.25) is 0 Å². The minimum Gasteiger partial charge on any atom is -0.309 e. The Morgan fingerprint density at radius 1 is 0.380 bits per heavy atom. The molecule has 0 aliphatic carbocycles. The molecule has 7 aromatic carbocycles. The van der Waals surface area contributed by atoms with E-state index in [9.17, 15) is 15.8 Å². The molecular formula is C45H25N5. The molecule has 0 fully saturated rings. The minimum absolute atomic E-state index is 0.573. The van der Waals surface area contributed by atoms with E-state index in [2.05, 4.69) is 88.0 Å². The van der Waals surface area contributed by atoms with Gasteiger partial charge in [0.15, 0.2) is 0 Å². The Hall–Kier alpha value is -7.39. The normalized spacial score (nSPS) is 11.1. The molecule has 2 aromatic heterocycles. The fraction of sp³-hybridized carbons (Fsp3) is 0. The molecule has 9 rings (SSSR count). The predicted molar refractivity (Wildman–Crippen MR) is 200 cm³/mol. The molecule has 5 heteroatoms. The first-order valence-corrected chi connectivity index (χ1v) is 16.3. The lowest BCUT2D eigenvalue weighted by atomic mass is 9.94. The van der Waals surface area contributed by atoms with Crippen LogP contribution in [0, 0.1) is 34.0 Å². The van der Waals surface area contributed by atoms with Crippen LogP contribution in [0.1, 0.15) is 16.7 Å². The number of hydrogen-bond donors (Lipinski definition) is 0. The molecule has 0 unspecified atom stereocenters. The highest BCUT2D eigenvalue weighted by molar-refractivity contribution is 6.11. The molecule has 0 N–H and O–H groups in total. The smallest absolute Gasteiger partial charge is 0.0998 e. The van der Waals surface area contributed by atoms with Gasteiger partial charge in [-0.25, -0.2) is 0 Å². The van der Waals surface area contributed by atoms with E-state index < -0.39 is 0 Å². The number of para-hydroxylation sites is 3. The van der Waals surface area contributed by atoms with E-state index in [0.717, 1.165) is 77.2 Å². The van der Waals surface area contributed by atoms with Crippen molar-refractivity contribution < 1.29 is 0 Å². The van der Waals surface area contributed by atoms with Crippen LogP contribution in [0.15, 0.2) is 152 Å². The molecule has 230 valence electrons. The topological polar surface area (TPSA) is 81.2 Å². The van der Waals surface area contributed by atoms with E-state index in [1.807, 2.05) is 91.0 Å². The highest BCUT2D eigenvalue weighted by atomic mass is 15.0. The Labute approximate surface area is 287 Å². The molecule has 0 saturated heterocycles. The number of nitriles is 3. The molecule has 2 heterocycles. The van der Waals surface area contributed by atoms with E-state index in [4.69, 9.17) is 0 Å². The SMILES string of the molecule is N#Cc1ccc2c(c1)c1ccccc1n2-c1ccccc1-c1ccc(-c2cccc(-n3c4ccccc4c4ccc(C#N)cc43)c2)cc1C#N. The number of rotatable bonds is 4. The summed E-state index contributed by atoms with van der Waals surface area (Å²) in [6.45, 7) is 0. The maximum Gasteiger partial charge on any atom is 0.0998 e. The first-order valence-electron chi connectivity index (χ1n) is 16.3. The summed E-state index contributed by atoms with van der Waals surface area (Å²) in [5.74, 6) is 0. The van der Waals surface area contributed by atoms with Crippen molar-refractivity contribution in [1.82, 2.24) is 9.13 Å². The fourth-order valence-electron chi connectivity index (χ4n) is 7.39. The van der Waals surface area contributed by atoms with Crippen LogP contribution in [0.25, 0.3) is 77.2 Å². The molecule has 0 saturated carbocycles. The van der Waals surface area contributed by atoms with Crippen molar-refractivity contribution in [1.29, 1.82) is 15.8 Å². The van der Waals surface area contributed by atoms with Crippen LogP contribution in [0.3, 0.4) is 0 Å². The Bertz CT molecular complexity index is 2970. The highest BCUT2D eigenvalue weighted by Gasteiger charge is 2.18. The summed E-state index contributed by atoms with van der Waals surface area (Å²) in [4.78, 5) is 0. The van der Waals surface area contributed by atoms with E-state index in [0.29, 0.717) is 16.7 Å². The molecule has 0 radical (unpaired) electrons. The van der Waals surface area contributed by atoms with E-state index >= 15 is 0 Å². The van der Waals surface area contributed by atoms with Crippen molar-refractivity contribution in [3.63, 3.8) is 0 Å². The largest absolute Gasteiger partial charge is 0.309 e. The molecule has 0 atom stereocenters. The van der Waals surface area contributed by atoms with Crippen molar-refractivity contribution in [2.24, 2.45) is 0 Å². The van der Waals surface area contributed by atoms with Gasteiger partial charge in [0.05, 0.1) is 62.7 Å². The molecule has 50 heavy (non-hydrogen) atoms. The molecule has 0 amide bonds. The summed E-state index contributed by atoms with van der Waals surface area (Å²) >= 11 is 0. The van der Waals surface area contributed by atoms with Gasteiger partial charge in [0, 0.05) is 38.4 Å². The zero-order valence-corrected chi connectivity index (χ0v) is 26.7. The fourth-order valence-corrected chi connectivity index (χ4v) is 7.39. The van der Waals surface area contributed by atoms with E-state index in [1.165, 1.54) is 0 Å². The summed E-state index contributed by atoms with van der Waals surface area (Å²) in [5, 5.41) is 34.1. The third kappa shape index (κ3) is 4.38. The molecule has 0 aliphatic rings. The second-order valence-electron chi connectivity index (χ2n) is 12.3. The van der Waals surface area contributed by atoms with Crippen LogP contribution in [-0.2, 0) is 0 Å². The van der Waals surface area contributed by atoms with Gasteiger partial charge in [-0.1, -0.05) is 84.9 Å². The van der Waals surface area contributed by atoms with E-state index in [1.54, 1.807) is 0 Å². The van der Waals surface area contributed by atoms with Crippen LogP contribution in [0.2, 0.25) is 0 Å². The van der Waals surface area contributed by atoms with Crippen LogP contribution in [0.4, 0.5) is 0 Å². The quantitative estimate of drug-likeness (QED) is 0.193. The Balaban J connectivity index is 1.19. The second kappa shape index (κ2) is 11.4. The standard InChI is InChI=1S/C45H25N5/c46-26-29-17-21-44-40(22-29)38-12-3-6-15-43(38)50(44)42-14-5-1-10-36(42)35-20-18-32(24-33(35)28-48)31-8-7-9-34(25-31)49-41-13-4-2-11-37(41)39-19-16-30(27-47)23-45(39)49/h1-25H. The first-order chi connectivity index (χ1) is 24.7. The van der Waals surface area contributed by atoms with Gasteiger partial charge in [-0.15, -0.1) is 0 Å². The van der Waals surface area contributed by atoms with Crippen molar-refractivity contribution in [3.05, 3.63) is 168 Å². The van der Waals surface area contributed by atoms with Crippen molar-refractivity contribution in [2.75, 3.05) is 0 Å². The monoisotopic (exact) mass is 635 g/mol. The molecule has 0 spiro atoms. The number of fused-ring (bicyclic) bond motifs is 6. The molecule has 9 aromatic rings. The lowest BCUT2D eigenvalue weighted by molar-refractivity contribution is 1.18. The minimum atomic E-state index is 0.573. The van der Waals surface area contributed by atoms with Gasteiger partial charge in [-0.05, 0) is 77.9 Å². The Morgan fingerprint density at radius 3 is 1.82 bits per heavy atom. The molecule has 5 nitrogen and oxygen atoms in total. The summed E-state index contributed by atoms with van der Waals surface area (Å²) in [6, 6.07) is 57.8. The zero-order chi connectivity index (χ0) is 33.8. The molecule has 0 aliphatic heterocycles.